The summed E-state index contributed by atoms with van der Waals surface area (Å²) in [4.78, 5) is -0.105. The fourth-order valence-electron chi connectivity index (χ4n) is 1.77. The smallest absolute Gasteiger partial charge is 0.247 e. The normalized spacial score (nSPS) is 12.5. The van der Waals surface area contributed by atoms with E-state index in [4.69, 9.17) is 28.9 Å². The van der Waals surface area contributed by atoms with Crippen LogP contribution < -0.4 is 27.4 Å². The fourth-order valence-corrected chi connectivity index (χ4v) is 3.76. The van der Waals surface area contributed by atoms with Crippen molar-refractivity contribution in [1.29, 1.82) is 0 Å². The van der Waals surface area contributed by atoms with Gasteiger partial charge in [-0.3, -0.25) is 0 Å². The van der Waals surface area contributed by atoms with E-state index in [2.05, 4.69) is 4.72 Å². The molecule has 0 aliphatic heterocycles. The quantitative estimate of drug-likeness (QED) is 0.546. The Kier molecular flexibility index (Phi) is 6.46. The summed E-state index contributed by atoms with van der Waals surface area (Å²) in [5, 5.41) is 0.162. The maximum atomic E-state index is 12.4. The molecule has 0 aliphatic rings. The lowest BCUT2D eigenvalue weighted by Gasteiger charge is -2.12. The Morgan fingerprint density at radius 1 is 1.14 bits per heavy atom. The number of hydrogen-bond acceptors (Lipinski definition) is 3. The molecule has 0 fully saturated rings. The predicted octanol–water partition coefficient (Wildman–Crippen LogP) is -0.636. The summed E-state index contributed by atoms with van der Waals surface area (Å²) < 4.78 is 29.0. The minimum atomic E-state index is -3.82. The van der Waals surface area contributed by atoms with Crippen molar-refractivity contribution in [2.24, 2.45) is 0 Å². The summed E-state index contributed by atoms with van der Waals surface area (Å²) >= 11 is 11.8. The van der Waals surface area contributed by atoms with Crippen LogP contribution in [0.25, 0.3) is 0 Å². The van der Waals surface area contributed by atoms with Crippen molar-refractivity contribution >= 4 is 38.9 Å². The largest absolute Gasteiger partial charge is 1.00 e. The Morgan fingerprint density at radius 2 is 1.73 bits per heavy atom. The van der Waals surface area contributed by atoms with E-state index in [1.807, 2.05) is 6.07 Å². The zero-order valence-electron chi connectivity index (χ0n) is 11.5. The van der Waals surface area contributed by atoms with Crippen molar-refractivity contribution in [2.75, 3.05) is 5.73 Å². The van der Waals surface area contributed by atoms with Crippen LogP contribution in [0.15, 0.2) is 47.6 Å². The van der Waals surface area contributed by atoms with Crippen molar-refractivity contribution in [3.05, 3.63) is 52.8 Å². The van der Waals surface area contributed by atoms with Gasteiger partial charge in [-0.2, -0.15) is 4.57 Å². The Morgan fingerprint density at radius 3 is 2.32 bits per heavy atom. The number of rotatable bonds is 4. The number of halogens is 3. The van der Waals surface area contributed by atoms with E-state index in [9.17, 15) is 8.42 Å². The van der Waals surface area contributed by atoms with Gasteiger partial charge in [0, 0.05) is 19.1 Å². The molecule has 2 rings (SSSR count). The van der Waals surface area contributed by atoms with Crippen molar-refractivity contribution in [1.82, 2.24) is 4.72 Å². The number of hydrogen-bond donors (Lipinski definition) is 2. The van der Waals surface area contributed by atoms with Gasteiger partial charge in [-0.25, -0.2) is 8.42 Å². The van der Waals surface area contributed by atoms with E-state index in [1.165, 1.54) is 12.1 Å². The molecular formula is C13H14Cl3N3O2S. The summed E-state index contributed by atoms with van der Waals surface area (Å²) in [7, 11) is -3.82. The molecule has 1 aromatic carbocycles. The minimum Gasteiger partial charge on any atom is -1.00 e. The van der Waals surface area contributed by atoms with Crippen molar-refractivity contribution < 1.29 is 25.4 Å². The van der Waals surface area contributed by atoms with Crippen LogP contribution in [-0.4, -0.2) is 8.42 Å². The molecule has 0 aliphatic carbocycles. The van der Waals surface area contributed by atoms with Crippen LogP contribution in [0.5, 0.6) is 0 Å². The Labute approximate surface area is 145 Å². The van der Waals surface area contributed by atoms with E-state index < -0.39 is 16.2 Å². The molecule has 120 valence electrons. The second-order valence-electron chi connectivity index (χ2n) is 4.42. The molecule has 0 amide bonds. The van der Waals surface area contributed by atoms with E-state index in [0.29, 0.717) is 0 Å². The molecule has 3 N–H and O–H groups in total. The third-order valence-corrected chi connectivity index (χ3v) is 5.17. The van der Waals surface area contributed by atoms with Crippen LogP contribution in [0.1, 0.15) is 13.1 Å². The average Bonchev–Trinajstić information content (AvgIpc) is 2.43. The highest BCUT2D eigenvalue weighted by Gasteiger charge is 2.25. The monoisotopic (exact) mass is 381 g/mol. The van der Waals surface area contributed by atoms with Gasteiger partial charge in [0.15, 0.2) is 12.4 Å². The molecular weight excluding hydrogens is 369 g/mol. The summed E-state index contributed by atoms with van der Waals surface area (Å²) in [5.74, 6) is 0. The number of nitrogens with one attached hydrogen (secondary N) is 1. The van der Waals surface area contributed by atoms with Crippen LogP contribution in [0, 0.1) is 0 Å². The standard InChI is InChI=1S/C13H14Cl2N3O2S.ClH/c1-9(18-5-3-2-4-6-18)17-21(19,20)13-8-10(14)12(16)7-11(13)15;/h2-9,17H,16H2,1H3;1H/q+1;/p-1. The van der Waals surface area contributed by atoms with Gasteiger partial charge in [0.25, 0.3) is 0 Å². The van der Waals surface area contributed by atoms with Crippen LogP contribution in [0.4, 0.5) is 5.69 Å². The summed E-state index contributed by atoms with van der Waals surface area (Å²) in [5.41, 5.74) is 5.82. The Hall–Kier alpha value is -1.05. The van der Waals surface area contributed by atoms with Gasteiger partial charge in [0.2, 0.25) is 16.2 Å². The lowest BCUT2D eigenvalue weighted by Crippen LogP contribution is -3.00. The van der Waals surface area contributed by atoms with Gasteiger partial charge in [-0.1, -0.05) is 29.3 Å². The average molecular weight is 383 g/mol. The third-order valence-electron chi connectivity index (χ3n) is 2.85. The van der Waals surface area contributed by atoms with Gasteiger partial charge in [0.05, 0.1) is 15.7 Å². The number of nitrogens with zero attached hydrogens (tertiary/aromatic N) is 1. The van der Waals surface area contributed by atoms with E-state index >= 15 is 0 Å². The molecule has 9 heteroatoms. The second kappa shape index (κ2) is 7.48. The summed E-state index contributed by atoms with van der Waals surface area (Å²) in [6, 6.07) is 8.01. The van der Waals surface area contributed by atoms with Crippen molar-refractivity contribution in [3.8, 4) is 0 Å². The van der Waals surface area contributed by atoms with Crippen LogP contribution in [-0.2, 0) is 10.0 Å². The lowest BCUT2D eigenvalue weighted by molar-refractivity contribution is -0.722. The predicted molar refractivity (Wildman–Crippen MR) is 82.5 cm³/mol. The molecule has 0 spiro atoms. The first-order valence-corrected chi connectivity index (χ1v) is 8.28. The molecule has 0 saturated heterocycles. The zero-order valence-corrected chi connectivity index (χ0v) is 14.6. The van der Waals surface area contributed by atoms with Crippen molar-refractivity contribution in [3.63, 3.8) is 0 Å². The highest BCUT2D eigenvalue weighted by molar-refractivity contribution is 7.89. The molecule has 1 unspecified atom stereocenters. The molecule has 0 bridgehead atoms. The molecule has 1 heterocycles. The second-order valence-corrected chi connectivity index (χ2v) is 6.92. The number of sulfonamides is 1. The molecule has 0 radical (unpaired) electrons. The number of nitrogens with two attached hydrogens (primary N) is 1. The highest BCUT2D eigenvalue weighted by Crippen LogP contribution is 2.30. The number of benzene rings is 1. The summed E-state index contributed by atoms with van der Waals surface area (Å²) in [6.45, 7) is 1.71. The minimum absolute atomic E-state index is 0. The van der Waals surface area contributed by atoms with E-state index in [1.54, 1.807) is 36.0 Å². The van der Waals surface area contributed by atoms with E-state index in [0.717, 1.165) is 0 Å². The van der Waals surface area contributed by atoms with Gasteiger partial charge in [-0.05, 0) is 12.1 Å². The number of pyridine rings is 1. The lowest BCUT2D eigenvalue weighted by atomic mass is 10.3. The first kappa shape index (κ1) is 19.0. The highest BCUT2D eigenvalue weighted by atomic mass is 35.5. The number of aromatic nitrogens is 1. The summed E-state index contributed by atoms with van der Waals surface area (Å²) in [6.07, 6.45) is 3.03. The third kappa shape index (κ3) is 4.24. The Balaban J connectivity index is 0.00000242. The molecule has 1 atom stereocenters. The molecule has 1 aromatic heterocycles. The van der Waals surface area contributed by atoms with Crippen LogP contribution >= 0.6 is 23.2 Å². The van der Waals surface area contributed by atoms with Crippen LogP contribution in [0.2, 0.25) is 10.0 Å². The molecule has 0 saturated carbocycles. The van der Waals surface area contributed by atoms with Gasteiger partial charge >= 0.3 is 0 Å². The molecule has 22 heavy (non-hydrogen) atoms. The first-order chi connectivity index (χ1) is 9.81. The first-order valence-electron chi connectivity index (χ1n) is 6.04. The fraction of sp³-hybridized carbons (Fsp3) is 0.154. The Bertz CT molecular complexity index is 755. The molecule has 5 nitrogen and oxygen atoms in total. The number of anilines is 1. The maximum Gasteiger partial charge on any atom is 0.247 e. The maximum absolute atomic E-state index is 12.4. The van der Waals surface area contributed by atoms with Crippen LogP contribution in [0.3, 0.4) is 0 Å². The molecule has 2 aromatic rings. The van der Waals surface area contributed by atoms with E-state index in [-0.39, 0.29) is 33.0 Å². The van der Waals surface area contributed by atoms with Gasteiger partial charge in [0.1, 0.15) is 4.90 Å². The SMILES string of the molecule is CC(NS(=O)(=O)c1cc(Cl)c(N)cc1Cl)[n+]1ccccc1.[Cl-]. The van der Waals surface area contributed by atoms with Gasteiger partial charge < -0.3 is 18.1 Å². The van der Waals surface area contributed by atoms with Crippen molar-refractivity contribution in [2.45, 2.75) is 18.0 Å². The number of nitrogen functional groups attached to an aromatic ring is 1. The van der Waals surface area contributed by atoms with Gasteiger partial charge in [-0.15, -0.1) is 4.72 Å². The zero-order chi connectivity index (χ0) is 15.6. The topological polar surface area (TPSA) is 76.1 Å².